The molecule has 0 fully saturated rings. The molecule has 0 aliphatic heterocycles. The minimum absolute atomic E-state index is 0.0301. The number of nitrogens with one attached hydrogen (secondary N) is 2. The second-order valence-corrected chi connectivity index (χ2v) is 6.51. The van der Waals surface area contributed by atoms with Crippen LogP contribution in [0.25, 0.3) is 0 Å². The van der Waals surface area contributed by atoms with E-state index in [4.69, 9.17) is 0 Å². The third-order valence-corrected chi connectivity index (χ3v) is 4.28. The van der Waals surface area contributed by atoms with Crippen molar-refractivity contribution in [3.8, 4) is 6.07 Å². The lowest BCUT2D eigenvalue weighted by Crippen LogP contribution is -2.17. The molecule has 0 bridgehead atoms. The predicted molar refractivity (Wildman–Crippen MR) is 107 cm³/mol. The Balaban J connectivity index is 2.17. The van der Waals surface area contributed by atoms with E-state index in [1.807, 2.05) is 55.5 Å². The standard InChI is InChI=1S/C22H25N3O/c1-5-17-9-11-19(12-10-17)24-14-18(13-23)22(26)25-21-16(4)7-6-8-20(21)15(2)3/h6-12,14-15,24H,5H2,1-4H3,(H,25,26)/b18-14-. The zero-order chi connectivity index (χ0) is 19.1. The van der Waals surface area contributed by atoms with Gasteiger partial charge in [-0.05, 0) is 48.1 Å². The molecule has 4 heteroatoms. The summed E-state index contributed by atoms with van der Waals surface area (Å²) >= 11 is 0. The molecule has 0 saturated heterocycles. The summed E-state index contributed by atoms with van der Waals surface area (Å²) < 4.78 is 0. The summed E-state index contributed by atoms with van der Waals surface area (Å²) in [5, 5.41) is 15.3. The van der Waals surface area contributed by atoms with Crippen molar-refractivity contribution < 1.29 is 4.79 Å². The van der Waals surface area contributed by atoms with Crippen molar-refractivity contribution in [1.82, 2.24) is 0 Å². The summed E-state index contributed by atoms with van der Waals surface area (Å²) in [6.45, 7) is 8.20. The van der Waals surface area contributed by atoms with Crippen LogP contribution in [0.3, 0.4) is 0 Å². The summed E-state index contributed by atoms with van der Waals surface area (Å²) in [6, 6.07) is 15.8. The minimum atomic E-state index is -0.415. The molecule has 0 atom stereocenters. The number of para-hydroxylation sites is 1. The highest BCUT2D eigenvalue weighted by Crippen LogP contribution is 2.27. The smallest absolute Gasteiger partial charge is 0.267 e. The van der Waals surface area contributed by atoms with Crippen LogP contribution in [0.5, 0.6) is 0 Å². The molecule has 2 aromatic rings. The quantitative estimate of drug-likeness (QED) is 0.562. The lowest BCUT2D eigenvalue weighted by atomic mass is 9.98. The molecule has 26 heavy (non-hydrogen) atoms. The Bertz CT molecular complexity index is 843. The number of carbonyl (C=O) groups excluding carboxylic acids is 1. The van der Waals surface area contributed by atoms with Gasteiger partial charge in [0.05, 0.1) is 0 Å². The zero-order valence-electron chi connectivity index (χ0n) is 15.8. The van der Waals surface area contributed by atoms with Crippen molar-refractivity contribution in [1.29, 1.82) is 5.26 Å². The molecule has 134 valence electrons. The van der Waals surface area contributed by atoms with E-state index in [0.29, 0.717) is 0 Å². The van der Waals surface area contributed by atoms with Crippen molar-refractivity contribution in [3.05, 3.63) is 70.9 Å². The van der Waals surface area contributed by atoms with Crippen LogP contribution in [0.1, 0.15) is 43.4 Å². The molecular weight excluding hydrogens is 322 g/mol. The Morgan fingerprint density at radius 3 is 2.46 bits per heavy atom. The van der Waals surface area contributed by atoms with E-state index in [9.17, 15) is 10.1 Å². The molecule has 2 aromatic carbocycles. The molecule has 0 spiro atoms. The van der Waals surface area contributed by atoms with E-state index in [1.54, 1.807) is 0 Å². The molecule has 2 rings (SSSR count). The largest absolute Gasteiger partial charge is 0.360 e. The van der Waals surface area contributed by atoms with Crippen molar-refractivity contribution >= 4 is 17.3 Å². The number of carbonyl (C=O) groups is 1. The number of benzene rings is 2. The van der Waals surface area contributed by atoms with Crippen LogP contribution in [0.2, 0.25) is 0 Å². The van der Waals surface area contributed by atoms with Crippen molar-refractivity contribution in [2.75, 3.05) is 10.6 Å². The lowest BCUT2D eigenvalue weighted by molar-refractivity contribution is -0.112. The first-order valence-electron chi connectivity index (χ1n) is 8.82. The monoisotopic (exact) mass is 347 g/mol. The molecule has 0 heterocycles. The van der Waals surface area contributed by atoms with Gasteiger partial charge in [-0.25, -0.2) is 0 Å². The van der Waals surface area contributed by atoms with Crippen LogP contribution in [-0.4, -0.2) is 5.91 Å². The maximum Gasteiger partial charge on any atom is 0.267 e. The van der Waals surface area contributed by atoms with Crippen LogP contribution in [0, 0.1) is 18.3 Å². The third kappa shape index (κ3) is 4.73. The number of hydrogen-bond donors (Lipinski definition) is 2. The van der Waals surface area contributed by atoms with Gasteiger partial charge < -0.3 is 10.6 Å². The summed E-state index contributed by atoms with van der Waals surface area (Å²) in [4.78, 5) is 12.6. The summed E-state index contributed by atoms with van der Waals surface area (Å²) in [5.74, 6) is -0.142. The Morgan fingerprint density at radius 2 is 1.88 bits per heavy atom. The molecular formula is C22H25N3O. The lowest BCUT2D eigenvalue weighted by Gasteiger charge is -2.16. The van der Waals surface area contributed by atoms with Gasteiger partial charge in [-0.15, -0.1) is 0 Å². The van der Waals surface area contributed by atoms with E-state index in [1.165, 1.54) is 11.8 Å². The van der Waals surface area contributed by atoms with Crippen LogP contribution < -0.4 is 10.6 Å². The number of aryl methyl sites for hydroxylation is 2. The molecule has 0 aromatic heterocycles. The molecule has 0 unspecified atom stereocenters. The molecule has 0 aliphatic carbocycles. The van der Waals surface area contributed by atoms with Gasteiger partial charge in [0.25, 0.3) is 5.91 Å². The number of amides is 1. The predicted octanol–water partition coefficient (Wildman–Crippen LogP) is 5.14. The molecule has 0 saturated carbocycles. The maximum atomic E-state index is 12.6. The molecule has 4 nitrogen and oxygen atoms in total. The van der Waals surface area contributed by atoms with Crippen LogP contribution >= 0.6 is 0 Å². The minimum Gasteiger partial charge on any atom is -0.360 e. The topological polar surface area (TPSA) is 64.9 Å². The van der Waals surface area contributed by atoms with Crippen molar-refractivity contribution in [2.24, 2.45) is 0 Å². The highest BCUT2D eigenvalue weighted by Gasteiger charge is 2.15. The van der Waals surface area contributed by atoms with E-state index < -0.39 is 5.91 Å². The highest BCUT2D eigenvalue weighted by atomic mass is 16.1. The molecule has 0 aliphatic rings. The molecule has 1 amide bonds. The van der Waals surface area contributed by atoms with Gasteiger partial charge >= 0.3 is 0 Å². The zero-order valence-corrected chi connectivity index (χ0v) is 15.8. The summed E-state index contributed by atoms with van der Waals surface area (Å²) in [6.07, 6.45) is 2.42. The van der Waals surface area contributed by atoms with Gasteiger partial charge in [0.1, 0.15) is 11.6 Å². The number of nitrogens with zero attached hydrogens (tertiary/aromatic N) is 1. The Kier molecular flexibility index (Phi) is 6.57. The van der Waals surface area contributed by atoms with Crippen LogP contribution in [-0.2, 0) is 11.2 Å². The third-order valence-electron chi connectivity index (χ3n) is 4.28. The van der Waals surface area contributed by atoms with Crippen molar-refractivity contribution in [3.63, 3.8) is 0 Å². The van der Waals surface area contributed by atoms with E-state index in [-0.39, 0.29) is 11.5 Å². The van der Waals surface area contributed by atoms with Gasteiger partial charge in [0.15, 0.2) is 0 Å². The fourth-order valence-electron chi connectivity index (χ4n) is 2.66. The van der Waals surface area contributed by atoms with E-state index >= 15 is 0 Å². The fraction of sp³-hybridized carbons (Fsp3) is 0.273. The first-order chi connectivity index (χ1) is 12.5. The van der Waals surface area contributed by atoms with Crippen molar-refractivity contribution in [2.45, 2.75) is 40.0 Å². The average molecular weight is 347 g/mol. The second-order valence-electron chi connectivity index (χ2n) is 6.51. The second kappa shape index (κ2) is 8.87. The van der Waals surface area contributed by atoms with Gasteiger partial charge in [0.2, 0.25) is 0 Å². The first-order valence-corrected chi connectivity index (χ1v) is 8.82. The summed E-state index contributed by atoms with van der Waals surface area (Å²) in [7, 11) is 0. The average Bonchev–Trinajstić information content (AvgIpc) is 2.64. The van der Waals surface area contributed by atoms with Gasteiger partial charge in [-0.3, -0.25) is 4.79 Å². The maximum absolute atomic E-state index is 12.6. The van der Waals surface area contributed by atoms with Gasteiger partial charge in [0, 0.05) is 17.6 Å². The fourth-order valence-corrected chi connectivity index (χ4v) is 2.66. The Labute approximate surface area is 155 Å². The number of rotatable bonds is 6. The van der Waals surface area contributed by atoms with E-state index in [0.717, 1.165) is 28.9 Å². The van der Waals surface area contributed by atoms with Crippen LogP contribution in [0.4, 0.5) is 11.4 Å². The highest BCUT2D eigenvalue weighted by molar-refractivity contribution is 6.07. The Morgan fingerprint density at radius 1 is 1.19 bits per heavy atom. The normalized spacial score (nSPS) is 11.2. The van der Waals surface area contributed by atoms with Gasteiger partial charge in [-0.2, -0.15) is 5.26 Å². The number of anilines is 2. The first kappa shape index (κ1) is 19.3. The van der Waals surface area contributed by atoms with E-state index in [2.05, 4.69) is 31.4 Å². The molecule has 2 N–H and O–H groups in total. The Hall–Kier alpha value is -3.06. The summed E-state index contributed by atoms with van der Waals surface area (Å²) in [5.41, 5.74) is 4.91. The molecule has 0 radical (unpaired) electrons. The number of nitriles is 1. The SMILES string of the molecule is CCc1ccc(N/C=C(/C#N)C(=O)Nc2c(C)cccc2C(C)C)cc1. The number of hydrogen-bond acceptors (Lipinski definition) is 3. The van der Waals surface area contributed by atoms with Crippen LogP contribution in [0.15, 0.2) is 54.2 Å². The van der Waals surface area contributed by atoms with Gasteiger partial charge in [-0.1, -0.05) is 51.1 Å².